The summed E-state index contributed by atoms with van der Waals surface area (Å²) in [4.78, 5) is 4.75. The topological polar surface area (TPSA) is 34.1 Å². The first-order chi connectivity index (χ1) is 15.3. The van der Waals surface area contributed by atoms with Crippen LogP contribution in [0.15, 0.2) is 78.9 Å². The second-order valence-electron chi connectivity index (χ2n) is 7.63. The van der Waals surface area contributed by atoms with Crippen LogP contribution in [0.1, 0.15) is 29.8 Å². The van der Waals surface area contributed by atoms with Crippen LogP contribution in [0.3, 0.4) is 0 Å². The fourth-order valence-electron chi connectivity index (χ4n) is 3.68. The Morgan fingerprint density at radius 2 is 1.69 bits per heavy atom. The molecule has 0 spiro atoms. The molecule has 0 radical (unpaired) electrons. The number of pyridine rings is 1. The van der Waals surface area contributed by atoms with Gasteiger partial charge in [0.1, 0.15) is 5.75 Å². The summed E-state index contributed by atoms with van der Waals surface area (Å²) in [7, 11) is 1.64. The average Bonchev–Trinajstić information content (AvgIpc) is 2.81. The van der Waals surface area contributed by atoms with Crippen LogP contribution in [0.4, 0.5) is 13.2 Å². The van der Waals surface area contributed by atoms with E-state index in [0.717, 1.165) is 51.2 Å². The third-order valence-corrected chi connectivity index (χ3v) is 5.48. The second kappa shape index (κ2) is 9.01. The molecule has 0 aliphatic carbocycles. The Hall–Kier alpha value is -3.38. The van der Waals surface area contributed by atoms with Gasteiger partial charge in [-0.15, -0.1) is 0 Å². The van der Waals surface area contributed by atoms with E-state index in [2.05, 4.69) is 12.2 Å². The number of hydrogen-bond donors (Lipinski definition) is 1. The molecule has 164 valence electrons. The number of nitrogens with zero attached hydrogens (tertiary/aromatic N) is 1. The third kappa shape index (κ3) is 4.75. The van der Waals surface area contributed by atoms with Gasteiger partial charge in [-0.3, -0.25) is 4.98 Å². The van der Waals surface area contributed by atoms with Crippen molar-refractivity contribution >= 4 is 10.9 Å². The first-order valence-corrected chi connectivity index (χ1v) is 10.3. The smallest absolute Gasteiger partial charge is 0.416 e. The highest BCUT2D eigenvalue weighted by Crippen LogP contribution is 2.33. The average molecular weight is 436 g/mol. The van der Waals surface area contributed by atoms with Gasteiger partial charge in [-0.2, -0.15) is 13.2 Å². The summed E-state index contributed by atoms with van der Waals surface area (Å²) >= 11 is 0. The van der Waals surface area contributed by atoms with Gasteiger partial charge in [0.25, 0.3) is 0 Å². The summed E-state index contributed by atoms with van der Waals surface area (Å²) < 4.78 is 44.2. The minimum absolute atomic E-state index is 0.0629. The van der Waals surface area contributed by atoms with E-state index in [1.807, 2.05) is 54.6 Å². The van der Waals surface area contributed by atoms with Gasteiger partial charge in [-0.1, -0.05) is 42.5 Å². The van der Waals surface area contributed by atoms with Crippen LogP contribution in [-0.2, 0) is 12.7 Å². The zero-order chi connectivity index (χ0) is 22.7. The van der Waals surface area contributed by atoms with Crippen molar-refractivity contribution in [3.05, 3.63) is 95.7 Å². The first kappa shape index (κ1) is 21.8. The number of para-hydroxylation sites is 1. The maximum absolute atomic E-state index is 13.0. The molecule has 0 saturated heterocycles. The van der Waals surface area contributed by atoms with Crippen LogP contribution in [0.2, 0.25) is 0 Å². The van der Waals surface area contributed by atoms with Crippen molar-refractivity contribution in [1.82, 2.24) is 10.3 Å². The molecule has 0 aliphatic rings. The predicted octanol–water partition coefficient (Wildman–Crippen LogP) is 6.78. The first-order valence-electron chi connectivity index (χ1n) is 10.3. The lowest BCUT2D eigenvalue weighted by Crippen LogP contribution is -2.19. The minimum Gasteiger partial charge on any atom is -0.497 e. The Balaban J connectivity index is 1.63. The minimum atomic E-state index is -4.36. The molecule has 6 heteroatoms. The number of halogens is 3. The van der Waals surface area contributed by atoms with Gasteiger partial charge in [0.05, 0.1) is 23.9 Å². The Bertz CT molecular complexity index is 1220. The number of benzene rings is 3. The van der Waals surface area contributed by atoms with E-state index in [9.17, 15) is 13.2 Å². The normalized spacial score (nSPS) is 12.7. The van der Waals surface area contributed by atoms with Gasteiger partial charge in [0.15, 0.2) is 0 Å². The molecular formula is C26H23F3N2O. The van der Waals surface area contributed by atoms with Crippen LogP contribution in [-0.4, -0.2) is 12.1 Å². The summed E-state index contributed by atoms with van der Waals surface area (Å²) in [5, 5.41) is 4.37. The van der Waals surface area contributed by atoms with Gasteiger partial charge in [0.2, 0.25) is 0 Å². The Morgan fingerprint density at radius 3 is 2.41 bits per heavy atom. The quantitative estimate of drug-likeness (QED) is 0.362. The molecule has 0 amide bonds. The molecule has 0 aliphatic heterocycles. The van der Waals surface area contributed by atoms with E-state index in [1.165, 1.54) is 12.1 Å². The van der Waals surface area contributed by atoms with Crippen molar-refractivity contribution in [2.24, 2.45) is 0 Å². The number of hydrogen-bond acceptors (Lipinski definition) is 3. The number of alkyl halides is 3. The molecule has 0 fully saturated rings. The van der Waals surface area contributed by atoms with Crippen molar-refractivity contribution in [2.75, 3.05) is 7.11 Å². The number of nitrogens with one attached hydrogen (secondary N) is 1. The highest BCUT2D eigenvalue weighted by molar-refractivity contribution is 5.94. The maximum atomic E-state index is 13.0. The van der Waals surface area contributed by atoms with Crippen molar-refractivity contribution in [3.8, 4) is 16.9 Å². The van der Waals surface area contributed by atoms with E-state index in [-0.39, 0.29) is 6.04 Å². The predicted molar refractivity (Wildman–Crippen MR) is 120 cm³/mol. The largest absolute Gasteiger partial charge is 0.497 e. The zero-order valence-electron chi connectivity index (χ0n) is 17.8. The molecule has 32 heavy (non-hydrogen) atoms. The van der Waals surface area contributed by atoms with Gasteiger partial charge in [0, 0.05) is 18.0 Å². The Kier molecular flexibility index (Phi) is 6.15. The standard InChI is InChI=1S/C26H23F3N2O/c1-17(19-6-5-7-22(14-19)32-2)30-16-21-15-24(23-8-3-4-9-25(23)31-21)18-10-12-20(13-11-18)26(27,28)29/h3-15,17,30H,16H2,1-2H3/t17-/m1/s1. The summed E-state index contributed by atoms with van der Waals surface area (Å²) in [6.07, 6.45) is -4.36. The van der Waals surface area contributed by atoms with Gasteiger partial charge in [-0.05, 0) is 60.0 Å². The van der Waals surface area contributed by atoms with Gasteiger partial charge >= 0.3 is 6.18 Å². The number of rotatable bonds is 6. The van der Waals surface area contributed by atoms with Crippen molar-refractivity contribution < 1.29 is 17.9 Å². The molecule has 3 aromatic carbocycles. The number of aromatic nitrogens is 1. The lowest BCUT2D eigenvalue weighted by Gasteiger charge is -2.16. The van der Waals surface area contributed by atoms with E-state index < -0.39 is 11.7 Å². The molecule has 1 atom stereocenters. The summed E-state index contributed by atoms with van der Waals surface area (Å²) in [5.41, 5.74) is 3.62. The molecule has 1 N–H and O–H groups in total. The van der Waals surface area contributed by atoms with Crippen molar-refractivity contribution in [2.45, 2.75) is 25.7 Å². The third-order valence-electron chi connectivity index (χ3n) is 5.48. The highest BCUT2D eigenvalue weighted by Gasteiger charge is 2.30. The zero-order valence-corrected chi connectivity index (χ0v) is 17.8. The summed E-state index contributed by atoms with van der Waals surface area (Å²) in [6, 6.07) is 22.8. The molecule has 0 unspecified atom stereocenters. The molecule has 0 bridgehead atoms. The van der Waals surface area contributed by atoms with Gasteiger partial charge < -0.3 is 10.1 Å². The van der Waals surface area contributed by atoms with E-state index in [0.29, 0.717) is 6.54 Å². The van der Waals surface area contributed by atoms with Crippen LogP contribution >= 0.6 is 0 Å². The second-order valence-corrected chi connectivity index (χ2v) is 7.63. The number of fused-ring (bicyclic) bond motifs is 1. The summed E-state index contributed by atoms with van der Waals surface area (Å²) in [5.74, 6) is 0.796. The molecule has 4 aromatic rings. The summed E-state index contributed by atoms with van der Waals surface area (Å²) in [6.45, 7) is 2.57. The molecule has 1 aromatic heterocycles. The Morgan fingerprint density at radius 1 is 0.938 bits per heavy atom. The fraction of sp³-hybridized carbons (Fsp3) is 0.192. The van der Waals surface area contributed by atoms with Crippen molar-refractivity contribution in [3.63, 3.8) is 0 Å². The SMILES string of the molecule is COc1cccc([C@@H](C)NCc2cc(-c3ccc(C(F)(F)F)cc3)c3ccccc3n2)c1. The van der Waals surface area contributed by atoms with Gasteiger partial charge in [-0.25, -0.2) is 0 Å². The molecule has 0 saturated carbocycles. The monoisotopic (exact) mass is 436 g/mol. The van der Waals surface area contributed by atoms with E-state index in [4.69, 9.17) is 9.72 Å². The van der Waals surface area contributed by atoms with Crippen LogP contribution in [0.25, 0.3) is 22.0 Å². The number of methoxy groups -OCH3 is 1. The lowest BCUT2D eigenvalue weighted by atomic mass is 9.98. The van der Waals surface area contributed by atoms with E-state index in [1.54, 1.807) is 7.11 Å². The Labute approximate surface area is 184 Å². The van der Waals surface area contributed by atoms with Crippen LogP contribution < -0.4 is 10.1 Å². The molecular weight excluding hydrogens is 413 g/mol. The highest BCUT2D eigenvalue weighted by atomic mass is 19.4. The van der Waals surface area contributed by atoms with Crippen LogP contribution in [0, 0.1) is 0 Å². The van der Waals surface area contributed by atoms with E-state index >= 15 is 0 Å². The maximum Gasteiger partial charge on any atom is 0.416 e. The lowest BCUT2D eigenvalue weighted by molar-refractivity contribution is -0.137. The molecule has 1 heterocycles. The molecule has 4 rings (SSSR count). The van der Waals surface area contributed by atoms with Crippen molar-refractivity contribution in [1.29, 1.82) is 0 Å². The molecule has 3 nitrogen and oxygen atoms in total. The number of ether oxygens (including phenoxy) is 1. The fourth-order valence-corrected chi connectivity index (χ4v) is 3.68. The van der Waals surface area contributed by atoms with Crippen LogP contribution in [0.5, 0.6) is 5.75 Å².